The highest BCUT2D eigenvalue weighted by molar-refractivity contribution is 6.03. The number of anilines is 1. The van der Waals surface area contributed by atoms with E-state index < -0.39 is 12.7 Å². The molecule has 6 nitrogen and oxygen atoms in total. The van der Waals surface area contributed by atoms with Gasteiger partial charge in [0.25, 0.3) is 5.91 Å². The molecule has 0 radical (unpaired) electrons. The van der Waals surface area contributed by atoms with Crippen molar-refractivity contribution in [2.24, 2.45) is 0 Å². The van der Waals surface area contributed by atoms with Crippen molar-refractivity contribution in [2.75, 3.05) is 5.32 Å². The summed E-state index contributed by atoms with van der Waals surface area (Å²) in [7, 11) is 0. The van der Waals surface area contributed by atoms with E-state index in [9.17, 15) is 18.0 Å². The fourth-order valence-electron chi connectivity index (χ4n) is 2.17. The van der Waals surface area contributed by atoms with Gasteiger partial charge in [0.15, 0.2) is 5.82 Å². The van der Waals surface area contributed by atoms with Crippen LogP contribution in [-0.2, 0) is 6.54 Å². The molecule has 0 aliphatic heterocycles. The van der Waals surface area contributed by atoms with Crippen LogP contribution in [0.4, 0.5) is 19.0 Å². The smallest absolute Gasteiger partial charge is 0.307 e. The Labute approximate surface area is 140 Å². The fraction of sp³-hybridized carbons (Fsp3) is 0.125. The van der Waals surface area contributed by atoms with Crippen molar-refractivity contribution in [1.82, 2.24) is 19.7 Å². The maximum absolute atomic E-state index is 12.6. The van der Waals surface area contributed by atoms with Crippen LogP contribution in [0.25, 0.3) is 11.5 Å². The number of aromatic nitrogens is 4. The molecule has 0 aliphatic rings. The van der Waals surface area contributed by atoms with E-state index in [0.29, 0.717) is 5.56 Å². The first-order valence-electron chi connectivity index (χ1n) is 7.21. The van der Waals surface area contributed by atoms with Crippen molar-refractivity contribution in [2.45, 2.75) is 12.7 Å². The Morgan fingerprint density at radius 2 is 1.84 bits per heavy atom. The molecule has 0 spiro atoms. The summed E-state index contributed by atoms with van der Waals surface area (Å²) >= 11 is 0. The number of pyridine rings is 1. The molecule has 0 fully saturated rings. The molecule has 3 aromatic rings. The van der Waals surface area contributed by atoms with Crippen LogP contribution < -0.4 is 5.32 Å². The molecule has 128 valence electrons. The van der Waals surface area contributed by atoms with Gasteiger partial charge < -0.3 is 9.88 Å². The van der Waals surface area contributed by atoms with Gasteiger partial charge in [-0.1, -0.05) is 24.3 Å². The lowest BCUT2D eigenvalue weighted by molar-refractivity contribution is -0.140. The highest BCUT2D eigenvalue weighted by Crippen LogP contribution is 2.22. The predicted molar refractivity (Wildman–Crippen MR) is 83.7 cm³/mol. The first kappa shape index (κ1) is 16.6. The van der Waals surface area contributed by atoms with Crippen LogP contribution in [0.5, 0.6) is 0 Å². The van der Waals surface area contributed by atoms with Gasteiger partial charge in [-0.15, -0.1) is 10.2 Å². The molecule has 0 bridgehead atoms. The molecule has 0 unspecified atom stereocenters. The van der Waals surface area contributed by atoms with E-state index in [1.54, 1.807) is 36.4 Å². The molecular formula is C16H12F3N5O. The molecule has 1 amide bonds. The third kappa shape index (κ3) is 4.19. The SMILES string of the molecule is O=C(Nc1cccc(-c2nncn2CC(F)(F)F)n1)c1ccccc1. The summed E-state index contributed by atoms with van der Waals surface area (Å²) in [5.41, 5.74) is 0.613. The molecule has 0 saturated heterocycles. The number of benzene rings is 1. The zero-order valence-electron chi connectivity index (χ0n) is 12.7. The number of carbonyl (C=O) groups excluding carboxylic acids is 1. The summed E-state index contributed by atoms with van der Waals surface area (Å²) in [5, 5.41) is 9.79. The van der Waals surface area contributed by atoms with Gasteiger partial charge in [-0.05, 0) is 24.3 Å². The molecule has 25 heavy (non-hydrogen) atoms. The van der Waals surface area contributed by atoms with Gasteiger partial charge in [-0.25, -0.2) is 4.98 Å². The second-order valence-electron chi connectivity index (χ2n) is 5.13. The Balaban J connectivity index is 1.83. The lowest BCUT2D eigenvalue weighted by Crippen LogP contribution is -2.18. The molecule has 0 saturated carbocycles. The third-order valence-corrected chi connectivity index (χ3v) is 3.22. The molecule has 2 heterocycles. The molecule has 1 aromatic carbocycles. The maximum Gasteiger partial charge on any atom is 0.406 e. The Hall–Kier alpha value is -3.23. The van der Waals surface area contributed by atoms with Crippen LogP contribution in [0, 0.1) is 0 Å². The fourth-order valence-corrected chi connectivity index (χ4v) is 2.17. The minimum atomic E-state index is -4.41. The number of hydrogen-bond acceptors (Lipinski definition) is 4. The van der Waals surface area contributed by atoms with E-state index in [1.165, 1.54) is 12.1 Å². The van der Waals surface area contributed by atoms with Gasteiger partial charge in [0.1, 0.15) is 24.4 Å². The van der Waals surface area contributed by atoms with Crippen LogP contribution in [0.1, 0.15) is 10.4 Å². The topological polar surface area (TPSA) is 72.7 Å². The van der Waals surface area contributed by atoms with Crippen LogP contribution in [0.3, 0.4) is 0 Å². The first-order valence-corrected chi connectivity index (χ1v) is 7.21. The zero-order chi connectivity index (χ0) is 17.9. The largest absolute Gasteiger partial charge is 0.406 e. The predicted octanol–water partition coefficient (Wildman–Crippen LogP) is 3.15. The Morgan fingerprint density at radius 1 is 1.08 bits per heavy atom. The average Bonchev–Trinajstić information content (AvgIpc) is 3.02. The van der Waals surface area contributed by atoms with Gasteiger partial charge in [-0.2, -0.15) is 13.2 Å². The minimum absolute atomic E-state index is 0.0341. The monoisotopic (exact) mass is 347 g/mol. The molecule has 3 rings (SSSR count). The van der Waals surface area contributed by atoms with Crippen molar-refractivity contribution in [3.05, 3.63) is 60.4 Å². The van der Waals surface area contributed by atoms with Gasteiger partial charge in [-0.3, -0.25) is 4.79 Å². The van der Waals surface area contributed by atoms with Crippen LogP contribution in [-0.4, -0.2) is 31.8 Å². The molecule has 2 aromatic heterocycles. The van der Waals surface area contributed by atoms with Crippen LogP contribution >= 0.6 is 0 Å². The van der Waals surface area contributed by atoms with Crippen LogP contribution in [0.15, 0.2) is 54.9 Å². The van der Waals surface area contributed by atoms with E-state index in [-0.39, 0.29) is 23.2 Å². The van der Waals surface area contributed by atoms with E-state index in [2.05, 4.69) is 20.5 Å². The second-order valence-corrected chi connectivity index (χ2v) is 5.13. The highest BCUT2D eigenvalue weighted by Gasteiger charge is 2.29. The van der Waals surface area contributed by atoms with Crippen molar-refractivity contribution in [3.63, 3.8) is 0 Å². The Kier molecular flexibility index (Phi) is 4.46. The summed E-state index contributed by atoms with van der Waals surface area (Å²) in [6.07, 6.45) is -3.42. The van der Waals surface area contributed by atoms with Gasteiger partial charge in [0.05, 0.1) is 0 Å². The Morgan fingerprint density at radius 3 is 2.56 bits per heavy atom. The van der Waals surface area contributed by atoms with E-state index in [0.717, 1.165) is 10.9 Å². The van der Waals surface area contributed by atoms with E-state index >= 15 is 0 Å². The average molecular weight is 347 g/mol. The second kappa shape index (κ2) is 6.71. The lowest BCUT2D eigenvalue weighted by Gasteiger charge is -2.10. The molecule has 0 atom stereocenters. The summed E-state index contributed by atoms with van der Waals surface area (Å²) in [5.74, 6) is -0.206. The number of nitrogens with zero attached hydrogens (tertiary/aromatic N) is 4. The van der Waals surface area contributed by atoms with Crippen LogP contribution in [0.2, 0.25) is 0 Å². The number of alkyl halides is 3. The minimum Gasteiger partial charge on any atom is -0.307 e. The van der Waals surface area contributed by atoms with Gasteiger partial charge in [0, 0.05) is 5.56 Å². The van der Waals surface area contributed by atoms with Crippen molar-refractivity contribution in [1.29, 1.82) is 0 Å². The van der Waals surface area contributed by atoms with Crippen molar-refractivity contribution >= 4 is 11.7 Å². The third-order valence-electron chi connectivity index (χ3n) is 3.22. The summed E-state index contributed by atoms with van der Waals surface area (Å²) in [6, 6.07) is 13.1. The normalized spacial score (nSPS) is 11.3. The van der Waals surface area contributed by atoms with Crippen molar-refractivity contribution < 1.29 is 18.0 Å². The first-order chi connectivity index (χ1) is 11.9. The van der Waals surface area contributed by atoms with E-state index in [4.69, 9.17) is 0 Å². The standard InChI is InChI=1S/C16H12F3N5O/c17-16(18,19)9-24-10-20-23-14(24)12-7-4-8-13(21-12)22-15(25)11-5-2-1-3-6-11/h1-8,10H,9H2,(H,21,22,25). The number of halogens is 3. The number of carbonyl (C=O) groups is 1. The Bertz CT molecular complexity index is 877. The number of hydrogen-bond donors (Lipinski definition) is 1. The van der Waals surface area contributed by atoms with Gasteiger partial charge in [0.2, 0.25) is 0 Å². The van der Waals surface area contributed by atoms with Crippen molar-refractivity contribution in [3.8, 4) is 11.5 Å². The lowest BCUT2D eigenvalue weighted by atomic mass is 10.2. The number of nitrogens with one attached hydrogen (secondary N) is 1. The summed E-state index contributed by atoms with van der Waals surface area (Å²) in [4.78, 5) is 16.3. The molecule has 1 N–H and O–H groups in total. The quantitative estimate of drug-likeness (QED) is 0.787. The van der Waals surface area contributed by atoms with Gasteiger partial charge >= 0.3 is 6.18 Å². The molecule has 9 heteroatoms. The summed E-state index contributed by atoms with van der Waals surface area (Å²) in [6.45, 7) is -1.22. The number of amides is 1. The maximum atomic E-state index is 12.6. The zero-order valence-corrected chi connectivity index (χ0v) is 12.7. The molecular weight excluding hydrogens is 335 g/mol. The molecule has 0 aliphatic carbocycles. The summed E-state index contributed by atoms with van der Waals surface area (Å²) < 4.78 is 38.7. The van der Waals surface area contributed by atoms with E-state index in [1.807, 2.05) is 0 Å². The highest BCUT2D eigenvalue weighted by atomic mass is 19.4. The number of rotatable bonds is 4.